The van der Waals surface area contributed by atoms with Crippen LogP contribution < -0.4 is 14.2 Å². The van der Waals surface area contributed by atoms with Crippen LogP contribution in [0.1, 0.15) is 12.8 Å². The summed E-state index contributed by atoms with van der Waals surface area (Å²) in [5.41, 5.74) is 1.26. The van der Waals surface area contributed by atoms with E-state index in [9.17, 15) is 18.3 Å². The summed E-state index contributed by atoms with van der Waals surface area (Å²) >= 11 is 0. The van der Waals surface area contributed by atoms with E-state index in [1.54, 1.807) is 24.5 Å². The van der Waals surface area contributed by atoms with E-state index in [4.69, 9.17) is 9.47 Å². The van der Waals surface area contributed by atoms with E-state index in [-0.39, 0.29) is 41.7 Å². The molecule has 218 valence electrons. The minimum absolute atomic E-state index is 0.0205. The van der Waals surface area contributed by atoms with Crippen molar-refractivity contribution < 1.29 is 27.8 Å². The summed E-state index contributed by atoms with van der Waals surface area (Å²) < 4.78 is 41.1. The molecule has 2 aliphatic heterocycles. The first-order valence-corrected chi connectivity index (χ1v) is 15.2. The monoisotopic (exact) mass is 580 g/mol. The van der Waals surface area contributed by atoms with Gasteiger partial charge in [-0.25, -0.2) is 13.1 Å². The Kier molecular flexibility index (Phi) is 8.88. The third-order valence-corrected chi connectivity index (χ3v) is 9.14. The molecule has 0 saturated carbocycles. The van der Waals surface area contributed by atoms with Gasteiger partial charge in [0.25, 0.3) is 5.91 Å². The maximum Gasteiger partial charge on any atom is 0.260 e. The van der Waals surface area contributed by atoms with Crippen LogP contribution in [0.3, 0.4) is 0 Å². The van der Waals surface area contributed by atoms with Crippen molar-refractivity contribution in [3.63, 3.8) is 0 Å². The molecule has 1 spiro atoms. The highest BCUT2D eigenvalue weighted by Crippen LogP contribution is 2.36. The molecule has 10 nitrogen and oxygen atoms in total. The van der Waals surface area contributed by atoms with Crippen LogP contribution in [0.4, 0.5) is 0 Å². The number of nitrogens with one attached hydrogen (secondary N) is 1. The van der Waals surface area contributed by atoms with Crippen LogP contribution in [0, 0.1) is 5.41 Å². The highest BCUT2D eigenvalue weighted by molar-refractivity contribution is 7.89. The first kappa shape index (κ1) is 29.0. The van der Waals surface area contributed by atoms with Crippen LogP contribution in [0.5, 0.6) is 11.5 Å². The molecular weight excluding hydrogens is 544 g/mol. The molecule has 0 aliphatic carbocycles. The molecule has 41 heavy (non-hydrogen) atoms. The van der Waals surface area contributed by atoms with Crippen LogP contribution in [0.15, 0.2) is 78.0 Å². The number of amides is 1. The van der Waals surface area contributed by atoms with Gasteiger partial charge in [0.15, 0.2) is 6.61 Å². The summed E-state index contributed by atoms with van der Waals surface area (Å²) in [6, 6.07) is 18.0. The van der Waals surface area contributed by atoms with Gasteiger partial charge >= 0.3 is 0 Å². The molecule has 2 aromatic carbocycles. The Hall–Kier alpha value is -3.51. The quantitative estimate of drug-likeness (QED) is 0.483. The Balaban J connectivity index is 1.37. The first-order chi connectivity index (χ1) is 19.7. The van der Waals surface area contributed by atoms with E-state index in [2.05, 4.69) is 9.71 Å². The van der Waals surface area contributed by atoms with Gasteiger partial charge in [0.05, 0.1) is 12.7 Å². The maximum absolute atomic E-state index is 13.2. The number of aliphatic hydroxyl groups is 1. The fourth-order valence-electron chi connectivity index (χ4n) is 5.46. The van der Waals surface area contributed by atoms with Crippen LogP contribution in [-0.2, 0) is 14.8 Å². The zero-order valence-corrected chi connectivity index (χ0v) is 23.9. The van der Waals surface area contributed by atoms with Crippen molar-refractivity contribution in [3.05, 3.63) is 73.1 Å². The number of pyridine rings is 1. The predicted molar refractivity (Wildman–Crippen MR) is 154 cm³/mol. The Bertz CT molecular complexity index is 1430. The van der Waals surface area contributed by atoms with Crippen molar-refractivity contribution in [1.82, 2.24) is 19.5 Å². The average molecular weight is 581 g/mol. The SMILES string of the molecule is CN1CC(O)CNS(=O)(=O)c2ccc(-c3cccnc3)cc2OCC2(CCN(C(=O)COc3ccccc3)CC2)C1. The number of aliphatic hydroxyl groups excluding tert-OH is 1. The molecule has 5 rings (SSSR count). The van der Waals surface area contributed by atoms with Gasteiger partial charge in [0.2, 0.25) is 10.0 Å². The number of hydrogen-bond acceptors (Lipinski definition) is 8. The topological polar surface area (TPSA) is 121 Å². The zero-order chi connectivity index (χ0) is 28.9. The van der Waals surface area contributed by atoms with Gasteiger partial charge in [-0.1, -0.05) is 30.3 Å². The number of ether oxygens (including phenoxy) is 2. The highest BCUT2D eigenvalue weighted by atomic mass is 32.2. The number of rotatable bonds is 4. The van der Waals surface area contributed by atoms with E-state index in [1.165, 1.54) is 6.07 Å². The first-order valence-electron chi connectivity index (χ1n) is 13.7. The molecule has 1 aromatic heterocycles. The molecule has 2 N–H and O–H groups in total. The fourth-order valence-corrected chi connectivity index (χ4v) is 6.66. The summed E-state index contributed by atoms with van der Waals surface area (Å²) in [5, 5.41) is 10.6. The summed E-state index contributed by atoms with van der Waals surface area (Å²) in [7, 11) is -2.04. The molecule has 11 heteroatoms. The fraction of sp³-hybridized carbons (Fsp3) is 0.400. The number of likely N-dealkylation sites (tertiary alicyclic amines) is 1. The molecule has 1 atom stereocenters. The molecular formula is C30H36N4O6S. The number of sulfonamides is 1. The smallest absolute Gasteiger partial charge is 0.260 e. The number of piperidine rings is 1. The lowest BCUT2D eigenvalue weighted by Gasteiger charge is -2.44. The van der Waals surface area contributed by atoms with Crippen molar-refractivity contribution in [2.45, 2.75) is 23.8 Å². The highest BCUT2D eigenvalue weighted by Gasteiger charge is 2.39. The second-order valence-electron chi connectivity index (χ2n) is 10.9. The molecule has 1 saturated heterocycles. The molecule has 1 unspecified atom stereocenters. The lowest BCUT2D eigenvalue weighted by atomic mass is 9.78. The standard InChI is InChI=1S/C30H36N4O6S/c1-33-19-25(35)18-32-41(37,38)28-10-9-23(24-6-5-13-31-17-24)16-27(28)40-22-30(21-33)11-14-34(15-12-30)29(36)20-39-26-7-3-2-4-8-26/h2-10,13,16-17,25,32,35H,11-12,14-15,18-22H2,1H3. The lowest BCUT2D eigenvalue weighted by molar-refractivity contribution is -0.136. The van der Waals surface area contributed by atoms with E-state index < -0.39 is 16.1 Å². The summed E-state index contributed by atoms with van der Waals surface area (Å²) in [6.07, 6.45) is 3.83. The van der Waals surface area contributed by atoms with Crippen molar-refractivity contribution >= 4 is 15.9 Å². The Labute approximate surface area is 241 Å². The van der Waals surface area contributed by atoms with Crippen LogP contribution >= 0.6 is 0 Å². The van der Waals surface area contributed by atoms with Gasteiger partial charge in [-0.3, -0.25) is 9.78 Å². The van der Waals surface area contributed by atoms with Crippen LogP contribution in [0.2, 0.25) is 0 Å². The summed E-state index contributed by atoms with van der Waals surface area (Å²) in [5.74, 6) is 0.812. The summed E-state index contributed by atoms with van der Waals surface area (Å²) in [4.78, 5) is 20.9. The second-order valence-corrected chi connectivity index (χ2v) is 12.6. The van der Waals surface area contributed by atoms with Crippen molar-refractivity contribution in [2.75, 3.05) is 53.0 Å². The Morgan fingerprint density at radius 3 is 2.63 bits per heavy atom. The number of para-hydroxylation sites is 1. The third kappa shape index (κ3) is 7.23. The van der Waals surface area contributed by atoms with Gasteiger partial charge in [-0.05, 0) is 55.8 Å². The van der Waals surface area contributed by atoms with E-state index in [0.717, 1.165) is 11.1 Å². The van der Waals surface area contributed by atoms with Crippen molar-refractivity contribution in [2.24, 2.45) is 5.41 Å². The molecule has 1 fully saturated rings. The number of carbonyl (C=O) groups is 1. The normalized spacial score (nSPS) is 21.1. The zero-order valence-electron chi connectivity index (χ0n) is 23.1. The van der Waals surface area contributed by atoms with Gasteiger partial charge in [-0.2, -0.15) is 0 Å². The van der Waals surface area contributed by atoms with Gasteiger partial charge < -0.3 is 24.4 Å². The summed E-state index contributed by atoms with van der Waals surface area (Å²) in [6.45, 7) is 2.08. The molecule has 0 bridgehead atoms. The maximum atomic E-state index is 13.2. The molecule has 3 heterocycles. The van der Waals surface area contributed by atoms with Crippen LogP contribution in [0.25, 0.3) is 11.1 Å². The van der Waals surface area contributed by atoms with Crippen LogP contribution in [-0.4, -0.2) is 93.3 Å². The van der Waals surface area contributed by atoms with Gasteiger partial charge in [-0.15, -0.1) is 0 Å². The minimum atomic E-state index is -3.95. The van der Waals surface area contributed by atoms with Crippen molar-refractivity contribution in [3.8, 4) is 22.6 Å². The molecule has 1 amide bonds. The number of likely N-dealkylation sites (N-methyl/N-ethyl adjacent to an activating group) is 1. The average Bonchev–Trinajstić information content (AvgIpc) is 2.98. The van der Waals surface area contributed by atoms with E-state index in [0.29, 0.717) is 44.8 Å². The second kappa shape index (κ2) is 12.6. The molecule has 0 radical (unpaired) electrons. The van der Waals surface area contributed by atoms with Crippen molar-refractivity contribution in [1.29, 1.82) is 0 Å². The van der Waals surface area contributed by atoms with Gasteiger partial charge in [0, 0.05) is 56.1 Å². The Morgan fingerprint density at radius 1 is 1.12 bits per heavy atom. The van der Waals surface area contributed by atoms with E-state index in [1.807, 2.05) is 59.3 Å². The third-order valence-electron chi connectivity index (χ3n) is 7.68. The number of β-amino-alcohol motifs (C(OH)–C–C–N with tert-alkyl or cyclic N) is 1. The number of aromatic nitrogens is 1. The number of nitrogens with zero attached hydrogens (tertiary/aromatic N) is 3. The lowest BCUT2D eigenvalue weighted by Crippen LogP contribution is -2.52. The number of hydrogen-bond donors (Lipinski definition) is 2. The number of carbonyl (C=O) groups excluding carboxylic acids is 1. The Morgan fingerprint density at radius 2 is 1.90 bits per heavy atom. The largest absolute Gasteiger partial charge is 0.492 e. The number of fused-ring (bicyclic) bond motifs is 1. The molecule has 2 aliphatic rings. The minimum Gasteiger partial charge on any atom is -0.492 e. The van der Waals surface area contributed by atoms with E-state index >= 15 is 0 Å². The number of benzene rings is 2. The molecule has 3 aromatic rings. The predicted octanol–water partition coefficient (Wildman–Crippen LogP) is 2.40. The van der Waals surface area contributed by atoms with Gasteiger partial charge in [0.1, 0.15) is 16.4 Å².